The Balaban J connectivity index is 2.21. The van der Waals surface area contributed by atoms with Crippen LogP contribution in [-0.2, 0) is 26.2 Å². The number of halogens is 2. The van der Waals surface area contributed by atoms with E-state index in [0.717, 1.165) is 18.2 Å². The van der Waals surface area contributed by atoms with E-state index in [0.29, 0.717) is 29.4 Å². The van der Waals surface area contributed by atoms with Crippen LogP contribution < -0.4 is 14.4 Å². The quantitative estimate of drug-likeness (QED) is 0.348. The lowest BCUT2D eigenvalue weighted by atomic mass is 10.1. The zero-order chi connectivity index (χ0) is 27.6. The summed E-state index contributed by atoms with van der Waals surface area (Å²) in [7, 11) is -2.16. The van der Waals surface area contributed by atoms with Crippen LogP contribution in [0.5, 0.6) is 5.75 Å². The Morgan fingerprint density at radius 2 is 1.76 bits per heavy atom. The van der Waals surface area contributed by atoms with Crippen molar-refractivity contribution in [2.24, 2.45) is 0 Å². The first kappa shape index (κ1) is 30.7. The van der Waals surface area contributed by atoms with Gasteiger partial charge in [0.15, 0.2) is 0 Å². The van der Waals surface area contributed by atoms with Crippen molar-refractivity contribution in [3.63, 3.8) is 0 Å². The third-order valence-electron chi connectivity index (χ3n) is 5.78. The first-order valence-corrected chi connectivity index (χ1v) is 14.7. The highest BCUT2D eigenvalue weighted by atomic mass is 35.5. The zero-order valence-electron chi connectivity index (χ0n) is 21.7. The van der Waals surface area contributed by atoms with Gasteiger partial charge in [-0.1, -0.05) is 49.2 Å². The van der Waals surface area contributed by atoms with Gasteiger partial charge in [0, 0.05) is 31.1 Å². The van der Waals surface area contributed by atoms with Gasteiger partial charge in [-0.25, -0.2) is 8.42 Å². The van der Waals surface area contributed by atoms with Crippen molar-refractivity contribution in [1.29, 1.82) is 0 Å². The van der Waals surface area contributed by atoms with E-state index >= 15 is 0 Å². The summed E-state index contributed by atoms with van der Waals surface area (Å²) in [5, 5.41) is 3.74. The molecule has 0 heterocycles. The highest BCUT2D eigenvalue weighted by Gasteiger charge is 2.28. The van der Waals surface area contributed by atoms with Crippen molar-refractivity contribution in [2.75, 3.05) is 30.8 Å². The van der Waals surface area contributed by atoms with Crippen molar-refractivity contribution in [1.82, 2.24) is 10.2 Å². The predicted molar refractivity (Wildman–Crippen MR) is 149 cm³/mol. The van der Waals surface area contributed by atoms with Gasteiger partial charge in [0.1, 0.15) is 11.8 Å². The molecule has 11 heteroatoms. The monoisotopic (exact) mass is 571 g/mol. The number of carbonyl (C=O) groups excluding carboxylic acids is 2. The van der Waals surface area contributed by atoms with Gasteiger partial charge in [0.2, 0.25) is 21.8 Å². The third kappa shape index (κ3) is 9.09. The molecular weight excluding hydrogens is 537 g/mol. The van der Waals surface area contributed by atoms with Crippen molar-refractivity contribution in [3.8, 4) is 5.75 Å². The highest BCUT2D eigenvalue weighted by molar-refractivity contribution is 7.92. The number of benzene rings is 2. The minimum absolute atomic E-state index is 0.0566. The molecule has 204 valence electrons. The second kappa shape index (κ2) is 14.4. The van der Waals surface area contributed by atoms with E-state index in [2.05, 4.69) is 5.32 Å². The van der Waals surface area contributed by atoms with Gasteiger partial charge >= 0.3 is 0 Å². The second-order valence-electron chi connectivity index (χ2n) is 8.62. The molecule has 1 N–H and O–H groups in total. The molecule has 0 radical (unpaired) electrons. The Bertz CT molecular complexity index is 1160. The molecule has 0 unspecified atom stereocenters. The number of methoxy groups -OCH3 is 1. The summed E-state index contributed by atoms with van der Waals surface area (Å²) in [6, 6.07) is 11.2. The maximum absolute atomic E-state index is 13.4. The molecule has 37 heavy (non-hydrogen) atoms. The molecule has 0 aliphatic heterocycles. The summed E-state index contributed by atoms with van der Waals surface area (Å²) < 4.78 is 31.4. The Kier molecular flexibility index (Phi) is 12.0. The van der Waals surface area contributed by atoms with Gasteiger partial charge < -0.3 is 15.0 Å². The number of nitrogens with one attached hydrogen (secondary N) is 1. The molecule has 2 aromatic carbocycles. The van der Waals surface area contributed by atoms with Crippen molar-refractivity contribution in [3.05, 3.63) is 58.1 Å². The summed E-state index contributed by atoms with van der Waals surface area (Å²) in [4.78, 5) is 27.8. The van der Waals surface area contributed by atoms with E-state index in [4.69, 9.17) is 27.9 Å². The molecule has 0 saturated carbocycles. The van der Waals surface area contributed by atoms with Crippen molar-refractivity contribution in [2.45, 2.75) is 52.1 Å². The normalized spacial score (nSPS) is 12.1. The summed E-state index contributed by atoms with van der Waals surface area (Å²) in [5.41, 5.74) is 1.22. The number of hydrogen-bond acceptors (Lipinski definition) is 5. The van der Waals surface area contributed by atoms with Crippen LogP contribution in [0.15, 0.2) is 42.5 Å². The fraction of sp³-hybridized carbons (Fsp3) is 0.462. The largest absolute Gasteiger partial charge is 0.495 e. The van der Waals surface area contributed by atoms with Crippen LogP contribution >= 0.6 is 23.2 Å². The average Bonchev–Trinajstić information content (AvgIpc) is 2.85. The first-order chi connectivity index (χ1) is 17.5. The lowest BCUT2D eigenvalue weighted by Crippen LogP contribution is -2.49. The number of amides is 2. The number of ether oxygens (including phenoxy) is 1. The minimum atomic E-state index is -3.64. The van der Waals surface area contributed by atoms with Crippen LogP contribution in [0.3, 0.4) is 0 Å². The fourth-order valence-electron chi connectivity index (χ4n) is 3.89. The van der Waals surface area contributed by atoms with Gasteiger partial charge in [-0.3, -0.25) is 13.9 Å². The number of anilines is 1. The molecule has 0 aromatic heterocycles. The number of carbonyl (C=O) groups is 2. The standard InChI is InChI=1S/C26H35Cl2N3O5S/c1-5-15-29-26(33)23(6-2)30(18-19-9-11-20(27)12-10-19)25(32)8-7-16-31(37(4,34)35)21-13-14-24(36-3)22(28)17-21/h9-14,17,23H,5-8,15-16,18H2,1-4H3,(H,29,33)/t23-/m1/s1. The molecule has 2 rings (SSSR count). The SMILES string of the molecule is CCCNC(=O)[C@@H](CC)N(Cc1ccc(Cl)cc1)C(=O)CCCN(c1ccc(OC)c(Cl)c1)S(C)(=O)=O. The second-order valence-corrected chi connectivity index (χ2v) is 11.4. The molecule has 0 fully saturated rings. The summed E-state index contributed by atoms with van der Waals surface area (Å²) in [6.07, 6.45) is 2.63. The number of rotatable bonds is 14. The molecule has 0 bridgehead atoms. The molecule has 0 aliphatic rings. The van der Waals surface area contributed by atoms with Gasteiger partial charge in [-0.15, -0.1) is 0 Å². The third-order valence-corrected chi connectivity index (χ3v) is 7.52. The summed E-state index contributed by atoms with van der Waals surface area (Å²) in [6.45, 7) is 4.64. The topological polar surface area (TPSA) is 96.0 Å². The predicted octanol–water partition coefficient (Wildman–Crippen LogP) is 4.88. The van der Waals surface area contributed by atoms with Crippen LogP contribution in [-0.4, -0.2) is 57.6 Å². The average molecular weight is 573 g/mol. The Morgan fingerprint density at radius 1 is 1.08 bits per heavy atom. The van der Waals surface area contributed by atoms with Crippen LogP contribution in [0.25, 0.3) is 0 Å². The molecule has 2 amide bonds. The zero-order valence-corrected chi connectivity index (χ0v) is 24.0. The van der Waals surface area contributed by atoms with Gasteiger partial charge in [0.25, 0.3) is 0 Å². The van der Waals surface area contributed by atoms with E-state index in [-0.39, 0.29) is 42.8 Å². The Labute approximate surface area is 229 Å². The van der Waals surface area contributed by atoms with Gasteiger partial charge in [-0.05, 0) is 55.2 Å². The van der Waals surface area contributed by atoms with Crippen LogP contribution in [0.1, 0.15) is 45.1 Å². The molecular formula is C26H35Cl2N3O5S. The lowest BCUT2D eigenvalue weighted by molar-refractivity contribution is -0.141. The van der Waals surface area contributed by atoms with E-state index in [9.17, 15) is 18.0 Å². The van der Waals surface area contributed by atoms with E-state index in [1.165, 1.54) is 17.5 Å². The molecule has 2 aromatic rings. The number of hydrogen-bond donors (Lipinski definition) is 1. The van der Waals surface area contributed by atoms with Crippen molar-refractivity contribution >= 4 is 50.7 Å². The number of nitrogens with zero attached hydrogens (tertiary/aromatic N) is 2. The first-order valence-electron chi connectivity index (χ1n) is 12.1. The summed E-state index contributed by atoms with van der Waals surface area (Å²) in [5.74, 6) is -0.0224. The molecule has 0 saturated heterocycles. The highest BCUT2D eigenvalue weighted by Crippen LogP contribution is 2.30. The molecule has 8 nitrogen and oxygen atoms in total. The number of sulfonamides is 1. The Hall–Kier alpha value is -2.49. The maximum atomic E-state index is 13.4. The fourth-order valence-corrected chi connectivity index (χ4v) is 5.22. The molecule has 1 atom stereocenters. The van der Waals surface area contributed by atoms with Gasteiger partial charge in [-0.2, -0.15) is 0 Å². The van der Waals surface area contributed by atoms with E-state index < -0.39 is 16.1 Å². The van der Waals surface area contributed by atoms with Crippen molar-refractivity contribution < 1.29 is 22.7 Å². The lowest BCUT2D eigenvalue weighted by Gasteiger charge is -2.31. The maximum Gasteiger partial charge on any atom is 0.242 e. The summed E-state index contributed by atoms with van der Waals surface area (Å²) >= 11 is 12.2. The molecule has 0 spiro atoms. The van der Waals surface area contributed by atoms with E-state index in [1.807, 2.05) is 26.0 Å². The molecule has 0 aliphatic carbocycles. The van der Waals surface area contributed by atoms with E-state index in [1.54, 1.807) is 29.2 Å². The van der Waals surface area contributed by atoms with Crippen LogP contribution in [0.2, 0.25) is 10.0 Å². The Morgan fingerprint density at radius 3 is 2.30 bits per heavy atom. The van der Waals surface area contributed by atoms with Crippen LogP contribution in [0.4, 0.5) is 5.69 Å². The van der Waals surface area contributed by atoms with Crippen LogP contribution in [0, 0.1) is 0 Å². The van der Waals surface area contributed by atoms with Gasteiger partial charge in [0.05, 0.1) is 24.1 Å². The minimum Gasteiger partial charge on any atom is -0.495 e. The smallest absolute Gasteiger partial charge is 0.242 e.